The zero-order valence-corrected chi connectivity index (χ0v) is 15.7. The van der Waals surface area contributed by atoms with E-state index in [0.717, 1.165) is 33.9 Å². The minimum atomic E-state index is 0.386. The first-order valence-corrected chi connectivity index (χ1v) is 8.81. The number of hydrogen-bond donors (Lipinski definition) is 0. The Bertz CT molecular complexity index is 942. The van der Waals surface area contributed by atoms with E-state index in [1.807, 2.05) is 43.3 Å². The predicted octanol–water partition coefficient (Wildman–Crippen LogP) is 6.03. The van der Waals surface area contributed by atoms with Gasteiger partial charge in [-0.2, -0.15) is 0 Å². The van der Waals surface area contributed by atoms with E-state index in [9.17, 15) is 0 Å². The van der Waals surface area contributed by atoms with Crippen LogP contribution in [0.25, 0.3) is 16.9 Å². The number of hydrogen-bond acceptors (Lipinski definition) is 2. The van der Waals surface area contributed by atoms with E-state index >= 15 is 0 Å². The molecule has 0 aliphatic heterocycles. The SMILES string of the molecule is C=CCO/N=C(\C)c1cc(-c2ccccc2)n(-c2cccc(Cl)c2)c1C. The van der Waals surface area contributed by atoms with Crippen molar-refractivity contribution < 1.29 is 4.84 Å². The van der Waals surface area contributed by atoms with Crippen molar-refractivity contribution in [1.82, 2.24) is 4.57 Å². The molecule has 3 nitrogen and oxygen atoms in total. The lowest BCUT2D eigenvalue weighted by Crippen LogP contribution is -2.02. The minimum absolute atomic E-state index is 0.386. The number of halogens is 1. The molecule has 4 heteroatoms. The summed E-state index contributed by atoms with van der Waals surface area (Å²) >= 11 is 6.23. The van der Waals surface area contributed by atoms with Crippen molar-refractivity contribution >= 4 is 17.3 Å². The van der Waals surface area contributed by atoms with Gasteiger partial charge in [0.2, 0.25) is 0 Å². The molecule has 0 aliphatic carbocycles. The van der Waals surface area contributed by atoms with Crippen molar-refractivity contribution in [3.8, 4) is 16.9 Å². The van der Waals surface area contributed by atoms with Crippen molar-refractivity contribution in [3.63, 3.8) is 0 Å². The Balaban J connectivity index is 2.18. The Morgan fingerprint density at radius 1 is 1.15 bits per heavy atom. The maximum Gasteiger partial charge on any atom is 0.135 e. The van der Waals surface area contributed by atoms with E-state index in [1.54, 1.807) is 6.08 Å². The summed E-state index contributed by atoms with van der Waals surface area (Å²) < 4.78 is 2.20. The van der Waals surface area contributed by atoms with E-state index in [2.05, 4.69) is 47.5 Å². The summed E-state index contributed by atoms with van der Waals surface area (Å²) in [6.45, 7) is 8.05. The highest BCUT2D eigenvalue weighted by atomic mass is 35.5. The quantitative estimate of drug-likeness (QED) is 0.227. The highest BCUT2D eigenvalue weighted by Crippen LogP contribution is 2.30. The van der Waals surface area contributed by atoms with E-state index in [1.165, 1.54) is 0 Å². The van der Waals surface area contributed by atoms with Crippen molar-refractivity contribution in [3.05, 3.63) is 89.6 Å². The lowest BCUT2D eigenvalue weighted by molar-refractivity contribution is 0.175. The third-order valence-corrected chi connectivity index (χ3v) is 4.40. The summed E-state index contributed by atoms with van der Waals surface area (Å²) in [5.74, 6) is 0. The molecule has 2 aromatic carbocycles. The lowest BCUT2D eigenvalue weighted by atomic mass is 10.1. The van der Waals surface area contributed by atoms with E-state index < -0.39 is 0 Å². The van der Waals surface area contributed by atoms with Gasteiger partial charge in [-0.15, -0.1) is 0 Å². The van der Waals surface area contributed by atoms with Crippen molar-refractivity contribution in [1.29, 1.82) is 0 Å². The third-order valence-electron chi connectivity index (χ3n) is 4.17. The zero-order chi connectivity index (χ0) is 18.5. The summed E-state index contributed by atoms with van der Waals surface area (Å²) in [6, 6.07) is 20.3. The van der Waals surface area contributed by atoms with Gasteiger partial charge in [0.15, 0.2) is 0 Å². The summed E-state index contributed by atoms with van der Waals surface area (Å²) in [6.07, 6.45) is 1.68. The Kier molecular flexibility index (Phi) is 5.59. The minimum Gasteiger partial charge on any atom is -0.391 e. The molecule has 0 bridgehead atoms. The number of rotatable bonds is 6. The topological polar surface area (TPSA) is 26.5 Å². The predicted molar refractivity (Wildman–Crippen MR) is 109 cm³/mol. The van der Waals surface area contributed by atoms with Crippen molar-refractivity contribution in [2.24, 2.45) is 5.16 Å². The molecule has 1 heterocycles. The molecule has 26 heavy (non-hydrogen) atoms. The van der Waals surface area contributed by atoms with Crippen LogP contribution in [-0.2, 0) is 4.84 Å². The summed E-state index contributed by atoms with van der Waals surface area (Å²) in [5.41, 5.74) is 6.16. The fourth-order valence-corrected chi connectivity index (χ4v) is 3.16. The average molecular weight is 365 g/mol. The Morgan fingerprint density at radius 2 is 1.92 bits per heavy atom. The van der Waals surface area contributed by atoms with Crippen LogP contribution in [0.1, 0.15) is 18.2 Å². The first-order chi connectivity index (χ1) is 12.6. The van der Waals surface area contributed by atoms with Crippen molar-refractivity contribution in [2.45, 2.75) is 13.8 Å². The lowest BCUT2D eigenvalue weighted by Gasteiger charge is -2.13. The third kappa shape index (κ3) is 3.73. The van der Waals surface area contributed by atoms with Crippen LogP contribution in [0.2, 0.25) is 5.02 Å². The maximum atomic E-state index is 6.23. The molecule has 0 N–H and O–H groups in total. The second-order valence-electron chi connectivity index (χ2n) is 5.97. The molecule has 0 amide bonds. The molecule has 0 radical (unpaired) electrons. The van der Waals surface area contributed by atoms with Gasteiger partial charge in [0.25, 0.3) is 0 Å². The smallest absolute Gasteiger partial charge is 0.135 e. The van der Waals surface area contributed by atoms with Crippen LogP contribution in [0.3, 0.4) is 0 Å². The van der Waals surface area contributed by atoms with Crippen LogP contribution in [0, 0.1) is 6.92 Å². The number of aromatic nitrogens is 1. The van der Waals surface area contributed by atoms with E-state index in [4.69, 9.17) is 16.4 Å². The zero-order valence-electron chi connectivity index (χ0n) is 14.9. The van der Waals surface area contributed by atoms with Crippen LogP contribution in [0.5, 0.6) is 0 Å². The largest absolute Gasteiger partial charge is 0.391 e. The van der Waals surface area contributed by atoms with Crippen molar-refractivity contribution in [2.75, 3.05) is 6.61 Å². The first-order valence-electron chi connectivity index (χ1n) is 8.43. The molecular weight excluding hydrogens is 344 g/mol. The molecule has 0 saturated heterocycles. The highest BCUT2D eigenvalue weighted by Gasteiger charge is 2.17. The Labute approximate surface area is 159 Å². The van der Waals surface area contributed by atoms with Crippen LogP contribution in [-0.4, -0.2) is 16.9 Å². The van der Waals surface area contributed by atoms with Gasteiger partial charge in [0.1, 0.15) is 6.61 Å². The highest BCUT2D eigenvalue weighted by molar-refractivity contribution is 6.30. The van der Waals surface area contributed by atoms with Crippen LogP contribution in [0.4, 0.5) is 0 Å². The first kappa shape index (κ1) is 18.0. The van der Waals surface area contributed by atoms with Gasteiger partial charge in [0, 0.05) is 22.0 Å². The fraction of sp³-hybridized carbons (Fsp3) is 0.136. The van der Waals surface area contributed by atoms with Gasteiger partial charge in [-0.05, 0) is 43.7 Å². The normalized spacial score (nSPS) is 11.4. The molecule has 0 fully saturated rings. The molecule has 1 aromatic heterocycles. The van der Waals surface area contributed by atoms with Gasteiger partial charge < -0.3 is 9.40 Å². The van der Waals surface area contributed by atoms with Crippen LogP contribution in [0.15, 0.2) is 78.5 Å². The molecule has 0 saturated carbocycles. The standard InChI is InChI=1S/C22H21ClN2O/c1-4-13-26-24-16(2)21-15-22(18-9-6-5-7-10-18)25(17(21)3)20-12-8-11-19(23)14-20/h4-12,14-15H,1,13H2,2-3H3/b24-16+. The molecule has 0 spiro atoms. The number of oxime groups is 1. The van der Waals surface area contributed by atoms with Gasteiger partial charge >= 0.3 is 0 Å². The van der Waals surface area contributed by atoms with Gasteiger partial charge in [0.05, 0.1) is 11.4 Å². The summed E-state index contributed by atoms with van der Waals surface area (Å²) in [7, 11) is 0. The maximum absolute atomic E-state index is 6.23. The summed E-state index contributed by atoms with van der Waals surface area (Å²) in [5, 5.41) is 4.91. The summed E-state index contributed by atoms with van der Waals surface area (Å²) in [4.78, 5) is 5.27. The molecule has 3 aromatic rings. The van der Waals surface area contributed by atoms with E-state index in [0.29, 0.717) is 11.6 Å². The average Bonchev–Trinajstić information content (AvgIpc) is 3.00. The van der Waals surface area contributed by atoms with Gasteiger partial charge in [-0.3, -0.25) is 0 Å². The Hall–Kier alpha value is -2.78. The van der Waals surface area contributed by atoms with Gasteiger partial charge in [-0.1, -0.05) is 65.8 Å². The second-order valence-corrected chi connectivity index (χ2v) is 6.41. The number of nitrogens with zero attached hydrogens (tertiary/aromatic N) is 2. The molecule has 3 rings (SSSR count). The molecular formula is C22H21ClN2O. The number of benzene rings is 2. The van der Waals surface area contributed by atoms with E-state index in [-0.39, 0.29) is 0 Å². The fourth-order valence-electron chi connectivity index (χ4n) is 2.98. The second kappa shape index (κ2) is 8.07. The van der Waals surface area contributed by atoms with Crippen LogP contribution < -0.4 is 0 Å². The molecule has 132 valence electrons. The molecule has 0 aliphatic rings. The van der Waals surface area contributed by atoms with Gasteiger partial charge in [-0.25, -0.2) is 0 Å². The van der Waals surface area contributed by atoms with Crippen LogP contribution >= 0.6 is 11.6 Å². The molecule has 0 atom stereocenters. The monoisotopic (exact) mass is 364 g/mol. The molecule has 0 unspecified atom stereocenters. The Morgan fingerprint density at radius 3 is 2.62 bits per heavy atom.